The summed E-state index contributed by atoms with van der Waals surface area (Å²) in [7, 11) is 0.991. The number of ether oxygens (including phenoxy) is 1. The fourth-order valence-corrected chi connectivity index (χ4v) is 4.52. The third-order valence-corrected chi connectivity index (χ3v) is 6.08. The highest BCUT2D eigenvalue weighted by molar-refractivity contribution is 5.54. The summed E-state index contributed by atoms with van der Waals surface area (Å²) in [5.41, 5.74) is 0.239. The molecular weight excluding hydrogens is 484 g/mol. The molecule has 0 saturated carbocycles. The predicted molar refractivity (Wildman–Crippen MR) is 129 cm³/mol. The van der Waals surface area contributed by atoms with E-state index in [9.17, 15) is 17.6 Å². The van der Waals surface area contributed by atoms with Gasteiger partial charge in [0.05, 0.1) is 13.4 Å². The molecule has 0 aliphatic rings. The average molecular weight is 504 g/mol. The van der Waals surface area contributed by atoms with E-state index >= 15 is 0 Å². The molecule has 0 unspecified atom stereocenters. The summed E-state index contributed by atoms with van der Waals surface area (Å²) in [5, 5.41) is 0. The van der Waals surface area contributed by atoms with Crippen LogP contribution in [0.2, 0.25) is 0 Å². The fraction of sp³-hybridized carbons (Fsp3) is 0.107. The van der Waals surface area contributed by atoms with Crippen molar-refractivity contribution in [1.82, 2.24) is 19.5 Å². The van der Waals surface area contributed by atoms with Crippen LogP contribution in [0.4, 0.5) is 17.6 Å². The summed E-state index contributed by atoms with van der Waals surface area (Å²) in [5.74, 6) is -2.97. The topological polar surface area (TPSA) is 52.8 Å². The second-order valence-corrected chi connectivity index (χ2v) is 8.19. The number of imidazole rings is 1. The number of aromatic nitrogens is 4. The number of hydrogen-bond acceptors (Lipinski definition) is 4. The van der Waals surface area contributed by atoms with Crippen LogP contribution >= 0.6 is 0 Å². The smallest absolute Gasteiger partial charge is 0.426 e. The third kappa shape index (κ3) is 4.22. The first-order valence-corrected chi connectivity index (χ1v) is 11.3. The summed E-state index contributed by atoms with van der Waals surface area (Å²) in [4.78, 5) is 11.7. The van der Waals surface area contributed by atoms with Gasteiger partial charge in [0.1, 0.15) is 11.2 Å². The molecule has 37 heavy (non-hydrogen) atoms. The van der Waals surface area contributed by atoms with Gasteiger partial charge >= 0.3 is 6.18 Å². The van der Waals surface area contributed by atoms with E-state index in [1.54, 1.807) is 6.20 Å². The van der Waals surface area contributed by atoms with Crippen molar-refractivity contribution < 1.29 is 22.3 Å². The molecule has 5 nitrogen and oxygen atoms in total. The monoisotopic (exact) mass is 504 g/mol. The maximum atomic E-state index is 14.5. The van der Waals surface area contributed by atoms with Gasteiger partial charge in [0.25, 0.3) is 0 Å². The molecule has 5 rings (SSSR count). The number of halogens is 4. The summed E-state index contributed by atoms with van der Waals surface area (Å²) >= 11 is 0. The van der Waals surface area contributed by atoms with Gasteiger partial charge in [0.2, 0.25) is 11.8 Å². The van der Waals surface area contributed by atoms with E-state index in [0.717, 1.165) is 23.8 Å². The quantitative estimate of drug-likeness (QED) is 0.154. The van der Waals surface area contributed by atoms with Crippen molar-refractivity contribution in [3.63, 3.8) is 0 Å². The molecule has 186 valence electrons. The Morgan fingerprint density at radius 2 is 1.22 bits per heavy atom. The van der Waals surface area contributed by atoms with Crippen molar-refractivity contribution in [3.8, 4) is 17.4 Å². The van der Waals surface area contributed by atoms with E-state index in [2.05, 4.69) is 15.0 Å². The molecule has 0 aliphatic heterocycles. The second-order valence-electron chi connectivity index (χ2n) is 8.19. The highest BCUT2D eigenvalue weighted by atomic mass is 19.4. The number of alkyl halides is 3. The Labute approximate surface area is 210 Å². The lowest BCUT2D eigenvalue weighted by atomic mass is 9.77. The Bertz CT molecular complexity index is 1410. The third-order valence-electron chi connectivity index (χ3n) is 6.08. The Morgan fingerprint density at radius 1 is 0.730 bits per heavy atom. The maximum Gasteiger partial charge on any atom is 0.426 e. The van der Waals surface area contributed by atoms with Gasteiger partial charge in [-0.05, 0) is 16.7 Å². The zero-order chi connectivity index (χ0) is 26.0. The van der Waals surface area contributed by atoms with Crippen molar-refractivity contribution in [3.05, 3.63) is 132 Å². The van der Waals surface area contributed by atoms with Crippen molar-refractivity contribution in [1.29, 1.82) is 0 Å². The van der Waals surface area contributed by atoms with Gasteiger partial charge in [0, 0.05) is 6.20 Å². The number of benzene rings is 3. The first-order chi connectivity index (χ1) is 17.9. The standard InChI is InChI=1S/C28H20F4N4O/c1-37-26-23(28(30,31)32)24(29)34-25(35-26)22-17-36(18-33-22)27(19-11-5-2-6-12-19,20-13-7-3-8-14-20)21-15-9-4-10-16-21/h2-18H,1H3. The van der Waals surface area contributed by atoms with Gasteiger partial charge in [-0.25, -0.2) is 4.98 Å². The van der Waals surface area contributed by atoms with E-state index in [-0.39, 0.29) is 11.5 Å². The minimum atomic E-state index is -5.02. The van der Waals surface area contributed by atoms with Crippen molar-refractivity contribution in [2.45, 2.75) is 11.7 Å². The summed E-state index contributed by atoms with van der Waals surface area (Å²) < 4.78 is 61.1. The molecule has 0 N–H and O–H groups in total. The Balaban J connectivity index is 1.76. The number of nitrogens with zero attached hydrogens (tertiary/aromatic N) is 4. The van der Waals surface area contributed by atoms with Crippen LogP contribution in [-0.2, 0) is 11.7 Å². The van der Waals surface area contributed by atoms with Crippen molar-refractivity contribution >= 4 is 0 Å². The second kappa shape index (κ2) is 9.50. The van der Waals surface area contributed by atoms with E-state index in [1.807, 2.05) is 95.6 Å². The molecule has 9 heteroatoms. The first kappa shape index (κ1) is 24.2. The molecular formula is C28H20F4N4O. The van der Waals surface area contributed by atoms with E-state index < -0.39 is 29.1 Å². The summed E-state index contributed by atoms with van der Waals surface area (Å²) in [6.45, 7) is 0. The molecule has 2 heterocycles. The average Bonchev–Trinajstić information content (AvgIpc) is 3.40. The SMILES string of the molecule is COc1nc(-c2cn(C(c3ccccc3)(c3ccccc3)c3ccccc3)cn2)nc(F)c1C(F)(F)F. The van der Waals surface area contributed by atoms with E-state index in [0.29, 0.717) is 0 Å². The van der Waals surface area contributed by atoms with Crippen LogP contribution < -0.4 is 4.74 Å². The van der Waals surface area contributed by atoms with Crippen LogP contribution in [-0.4, -0.2) is 26.6 Å². The van der Waals surface area contributed by atoms with Crippen LogP contribution in [0.3, 0.4) is 0 Å². The Hall–Kier alpha value is -4.53. The lowest BCUT2D eigenvalue weighted by Gasteiger charge is -2.37. The van der Waals surface area contributed by atoms with Gasteiger partial charge in [-0.1, -0.05) is 91.0 Å². The molecule has 0 radical (unpaired) electrons. The van der Waals surface area contributed by atoms with Crippen LogP contribution in [0.15, 0.2) is 104 Å². The van der Waals surface area contributed by atoms with Gasteiger partial charge in [-0.2, -0.15) is 27.5 Å². The summed E-state index contributed by atoms with van der Waals surface area (Å²) in [6, 6.07) is 29.2. The molecule has 0 bridgehead atoms. The largest absolute Gasteiger partial charge is 0.480 e. The zero-order valence-corrected chi connectivity index (χ0v) is 19.5. The maximum absolute atomic E-state index is 14.5. The number of hydrogen-bond donors (Lipinski definition) is 0. The van der Waals surface area contributed by atoms with Crippen molar-refractivity contribution in [2.75, 3.05) is 7.11 Å². The lowest BCUT2D eigenvalue weighted by Crippen LogP contribution is -2.36. The molecule has 0 saturated heterocycles. The number of rotatable bonds is 6. The van der Waals surface area contributed by atoms with Crippen LogP contribution in [0.5, 0.6) is 5.88 Å². The van der Waals surface area contributed by atoms with Gasteiger partial charge in [-0.15, -0.1) is 0 Å². The first-order valence-electron chi connectivity index (χ1n) is 11.3. The summed E-state index contributed by atoms with van der Waals surface area (Å²) in [6.07, 6.45) is -1.89. The Kier molecular flexibility index (Phi) is 6.20. The highest BCUT2D eigenvalue weighted by Crippen LogP contribution is 2.42. The lowest BCUT2D eigenvalue weighted by molar-refractivity contribution is -0.142. The molecule has 0 aliphatic carbocycles. The van der Waals surface area contributed by atoms with Crippen molar-refractivity contribution in [2.24, 2.45) is 0 Å². The molecule has 2 aromatic heterocycles. The molecule has 0 amide bonds. The van der Waals surface area contributed by atoms with Gasteiger partial charge < -0.3 is 9.30 Å². The van der Waals surface area contributed by atoms with E-state index in [4.69, 9.17) is 4.74 Å². The normalized spacial score (nSPS) is 11.9. The van der Waals surface area contributed by atoms with Crippen LogP contribution in [0.1, 0.15) is 22.3 Å². The predicted octanol–water partition coefficient (Wildman–Crippen LogP) is 6.35. The molecule has 0 fully saturated rings. The van der Waals surface area contributed by atoms with Crippen LogP contribution in [0.25, 0.3) is 11.5 Å². The molecule has 3 aromatic carbocycles. The van der Waals surface area contributed by atoms with Gasteiger partial charge in [0.15, 0.2) is 11.4 Å². The molecule has 0 atom stereocenters. The van der Waals surface area contributed by atoms with E-state index in [1.165, 1.54) is 6.33 Å². The molecule has 5 aromatic rings. The van der Waals surface area contributed by atoms with Crippen LogP contribution in [0, 0.1) is 5.95 Å². The highest BCUT2D eigenvalue weighted by Gasteiger charge is 2.41. The molecule has 0 spiro atoms. The van der Waals surface area contributed by atoms with Gasteiger partial charge in [-0.3, -0.25) is 0 Å². The Morgan fingerprint density at radius 3 is 1.65 bits per heavy atom. The zero-order valence-electron chi connectivity index (χ0n) is 19.5. The fourth-order valence-electron chi connectivity index (χ4n) is 4.52. The minimum Gasteiger partial charge on any atom is -0.480 e. The number of methoxy groups -OCH3 is 1. The minimum absolute atomic E-state index is 0.0816.